The zero-order valence-corrected chi connectivity index (χ0v) is 13.0. The Balaban J connectivity index is 2.27. The molecule has 3 nitrogen and oxygen atoms in total. The Morgan fingerprint density at radius 1 is 1.32 bits per heavy atom. The van der Waals surface area contributed by atoms with Crippen molar-refractivity contribution >= 4 is 38.9 Å². The molecule has 2 aromatic rings. The second kappa shape index (κ2) is 6.21. The molecule has 0 bridgehead atoms. The van der Waals surface area contributed by atoms with E-state index in [1.165, 1.54) is 24.0 Å². The molecule has 1 aromatic carbocycles. The highest BCUT2D eigenvalue weighted by molar-refractivity contribution is 9.10. The lowest BCUT2D eigenvalue weighted by molar-refractivity contribution is -0.141. The van der Waals surface area contributed by atoms with Gasteiger partial charge in [0.05, 0.1) is 12.0 Å². The van der Waals surface area contributed by atoms with Crippen LogP contribution in [0.1, 0.15) is 16.5 Å². The van der Waals surface area contributed by atoms with Crippen molar-refractivity contribution in [2.75, 3.05) is 12.4 Å². The molecule has 0 amide bonds. The fourth-order valence-electron chi connectivity index (χ4n) is 1.68. The second-order valence-corrected chi connectivity index (χ2v) is 5.90. The molecule has 1 N–H and O–H groups in total. The number of aryl methyl sites for hydroxylation is 1. The average molecular weight is 340 g/mol. The monoisotopic (exact) mass is 339 g/mol. The first-order valence-electron chi connectivity index (χ1n) is 5.75. The van der Waals surface area contributed by atoms with Crippen LogP contribution >= 0.6 is 27.3 Å². The van der Waals surface area contributed by atoms with Crippen molar-refractivity contribution in [2.45, 2.75) is 13.0 Å². The lowest BCUT2D eigenvalue weighted by atomic mass is 10.2. The molecule has 0 saturated carbocycles. The van der Waals surface area contributed by atoms with Gasteiger partial charge >= 0.3 is 5.97 Å². The largest absolute Gasteiger partial charge is 0.467 e. The van der Waals surface area contributed by atoms with Gasteiger partial charge in [0.15, 0.2) is 6.04 Å². The van der Waals surface area contributed by atoms with Crippen LogP contribution in [0.3, 0.4) is 0 Å². The predicted octanol–water partition coefficient (Wildman–Crippen LogP) is 4.15. The van der Waals surface area contributed by atoms with Gasteiger partial charge in [0.25, 0.3) is 0 Å². The first-order valence-corrected chi connectivity index (χ1v) is 7.43. The molecule has 5 heteroatoms. The summed E-state index contributed by atoms with van der Waals surface area (Å²) < 4.78 is 5.78. The van der Waals surface area contributed by atoms with Gasteiger partial charge in [-0.2, -0.15) is 0 Å². The number of ether oxygens (including phenoxy) is 1. The zero-order valence-electron chi connectivity index (χ0n) is 10.6. The third-order valence-electron chi connectivity index (χ3n) is 2.71. The molecule has 19 heavy (non-hydrogen) atoms. The maximum Gasteiger partial charge on any atom is 0.333 e. The van der Waals surface area contributed by atoms with Crippen molar-refractivity contribution in [3.63, 3.8) is 0 Å². The highest BCUT2D eigenvalue weighted by atomic mass is 79.9. The van der Waals surface area contributed by atoms with E-state index in [1.54, 1.807) is 0 Å². The van der Waals surface area contributed by atoms with Crippen molar-refractivity contribution in [3.05, 3.63) is 50.6 Å². The number of methoxy groups -OCH3 is 1. The van der Waals surface area contributed by atoms with E-state index >= 15 is 0 Å². The second-order valence-electron chi connectivity index (χ2n) is 4.10. The Morgan fingerprint density at radius 3 is 2.53 bits per heavy atom. The summed E-state index contributed by atoms with van der Waals surface area (Å²) in [6.45, 7) is 2.03. The molecule has 0 saturated heterocycles. The minimum atomic E-state index is -0.498. The Bertz CT molecular complexity index is 565. The average Bonchev–Trinajstić information content (AvgIpc) is 2.83. The SMILES string of the molecule is COC(=O)C(Nc1ccc(C)cc1)c1sccc1Br. The van der Waals surface area contributed by atoms with Crippen molar-refractivity contribution in [1.29, 1.82) is 0 Å². The van der Waals surface area contributed by atoms with Gasteiger partial charge in [0.2, 0.25) is 0 Å². The number of hydrogen-bond acceptors (Lipinski definition) is 4. The first kappa shape index (κ1) is 14.1. The van der Waals surface area contributed by atoms with E-state index in [4.69, 9.17) is 4.74 Å². The van der Waals surface area contributed by atoms with Gasteiger partial charge in [-0.25, -0.2) is 4.79 Å². The number of benzene rings is 1. The maximum absolute atomic E-state index is 11.9. The Hall–Kier alpha value is -1.33. The van der Waals surface area contributed by atoms with Crippen LogP contribution in [-0.4, -0.2) is 13.1 Å². The number of halogens is 1. The quantitative estimate of drug-likeness (QED) is 0.850. The molecule has 2 rings (SSSR count). The van der Waals surface area contributed by atoms with Crippen molar-refractivity contribution in [3.8, 4) is 0 Å². The summed E-state index contributed by atoms with van der Waals surface area (Å²) in [7, 11) is 1.40. The first-order chi connectivity index (χ1) is 9.11. The van der Waals surface area contributed by atoms with Crippen molar-refractivity contribution < 1.29 is 9.53 Å². The van der Waals surface area contributed by atoms with Crippen molar-refractivity contribution in [2.24, 2.45) is 0 Å². The van der Waals surface area contributed by atoms with Crippen LogP contribution in [0.15, 0.2) is 40.2 Å². The highest BCUT2D eigenvalue weighted by Crippen LogP contribution is 2.32. The minimum absolute atomic E-state index is 0.302. The van der Waals surface area contributed by atoms with E-state index in [9.17, 15) is 4.79 Å². The topological polar surface area (TPSA) is 38.3 Å². The molecule has 0 aliphatic rings. The lowest BCUT2D eigenvalue weighted by Crippen LogP contribution is -2.21. The van der Waals surface area contributed by atoms with E-state index in [0.717, 1.165) is 15.0 Å². The summed E-state index contributed by atoms with van der Waals surface area (Å²) in [6, 6.07) is 9.33. The number of esters is 1. The molecule has 0 aliphatic heterocycles. The standard InChI is InChI=1S/C14H14BrNO2S/c1-9-3-5-10(6-4-9)16-12(14(17)18-2)13-11(15)7-8-19-13/h3-8,12,16H,1-2H3. The number of hydrogen-bond donors (Lipinski definition) is 1. The van der Waals surface area contributed by atoms with Crippen LogP contribution in [0, 0.1) is 6.92 Å². The van der Waals surface area contributed by atoms with E-state index in [-0.39, 0.29) is 5.97 Å². The van der Waals surface area contributed by atoms with Crippen LogP contribution in [0.4, 0.5) is 5.69 Å². The fraction of sp³-hybridized carbons (Fsp3) is 0.214. The third kappa shape index (κ3) is 3.36. The van der Waals surface area contributed by atoms with E-state index in [0.29, 0.717) is 0 Å². The van der Waals surface area contributed by atoms with Gasteiger partial charge in [-0.05, 0) is 46.4 Å². The lowest BCUT2D eigenvalue weighted by Gasteiger charge is -2.17. The number of thiophene rings is 1. The normalized spacial score (nSPS) is 11.9. The van der Waals surface area contributed by atoms with Gasteiger partial charge in [0, 0.05) is 10.2 Å². The Kier molecular flexibility index (Phi) is 4.61. The molecule has 0 radical (unpaired) electrons. The number of rotatable bonds is 4. The van der Waals surface area contributed by atoms with Gasteiger partial charge in [-0.1, -0.05) is 17.7 Å². The molecule has 1 aromatic heterocycles. The van der Waals surface area contributed by atoms with E-state index < -0.39 is 6.04 Å². The summed E-state index contributed by atoms with van der Waals surface area (Å²) in [4.78, 5) is 12.8. The number of carbonyl (C=O) groups is 1. The molecule has 1 unspecified atom stereocenters. The minimum Gasteiger partial charge on any atom is -0.467 e. The molecule has 0 aliphatic carbocycles. The number of anilines is 1. The molecule has 1 atom stereocenters. The van der Waals surface area contributed by atoms with Gasteiger partial charge in [-0.3, -0.25) is 0 Å². The van der Waals surface area contributed by atoms with Crippen LogP contribution in [0.5, 0.6) is 0 Å². The molecular weight excluding hydrogens is 326 g/mol. The van der Waals surface area contributed by atoms with E-state index in [1.807, 2.05) is 42.6 Å². The number of carbonyl (C=O) groups excluding carboxylic acids is 1. The maximum atomic E-state index is 11.9. The molecule has 0 spiro atoms. The van der Waals surface area contributed by atoms with Gasteiger partial charge in [0.1, 0.15) is 0 Å². The third-order valence-corrected chi connectivity index (χ3v) is 4.64. The summed E-state index contributed by atoms with van der Waals surface area (Å²) in [5, 5.41) is 5.14. The van der Waals surface area contributed by atoms with Crippen LogP contribution < -0.4 is 5.32 Å². The van der Waals surface area contributed by atoms with Gasteiger partial charge < -0.3 is 10.1 Å². The summed E-state index contributed by atoms with van der Waals surface area (Å²) >= 11 is 4.97. The summed E-state index contributed by atoms with van der Waals surface area (Å²) in [5.74, 6) is -0.302. The Morgan fingerprint density at radius 2 is 2.00 bits per heavy atom. The zero-order chi connectivity index (χ0) is 13.8. The molecule has 100 valence electrons. The molecule has 1 heterocycles. The van der Waals surface area contributed by atoms with Crippen LogP contribution in [-0.2, 0) is 9.53 Å². The molecular formula is C14H14BrNO2S. The summed E-state index contributed by atoms with van der Waals surface area (Å²) in [5.41, 5.74) is 2.07. The fourth-order valence-corrected chi connectivity index (χ4v) is 3.32. The van der Waals surface area contributed by atoms with Crippen LogP contribution in [0.25, 0.3) is 0 Å². The van der Waals surface area contributed by atoms with Crippen molar-refractivity contribution in [1.82, 2.24) is 0 Å². The predicted molar refractivity (Wildman–Crippen MR) is 81.6 cm³/mol. The number of nitrogens with one attached hydrogen (secondary N) is 1. The van der Waals surface area contributed by atoms with Crippen LogP contribution in [0.2, 0.25) is 0 Å². The van der Waals surface area contributed by atoms with E-state index in [2.05, 4.69) is 21.2 Å². The smallest absolute Gasteiger partial charge is 0.333 e. The Labute approximate surface area is 124 Å². The van der Waals surface area contributed by atoms with Gasteiger partial charge in [-0.15, -0.1) is 11.3 Å². The summed E-state index contributed by atoms with van der Waals surface area (Å²) in [6.07, 6.45) is 0. The molecule has 0 fully saturated rings. The highest BCUT2D eigenvalue weighted by Gasteiger charge is 2.24.